The predicted octanol–water partition coefficient (Wildman–Crippen LogP) is 4.68. The maximum atomic E-state index is 12.9. The van der Waals surface area contributed by atoms with Crippen LogP contribution < -0.4 is 10.1 Å². The Labute approximate surface area is 172 Å². The largest absolute Gasteiger partial charge is 0.424 e. The van der Waals surface area contributed by atoms with Crippen molar-refractivity contribution in [3.8, 4) is 17.4 Å². The van der Waals surface area contributed by atoms with Gasteiger partial charge in [0.05, 0.1) is 0 Å². The average Bonchev–Trinajstić information content (AvgIpc) is 3.13. The van der Waals surface area contributed by atoms with Crippen molar-refractivity contribution in [2.75, 3.05) is 5.32 Å². The quantitative estimate of drug-likeness (QED) is 0.473. The van der Waals surface area contributed by atoms with Crippen LogP contribution in [0.2, 0.25) is 0 Å². The smallest absolute Gasteiger partial charge is 0.321 e. The van der Waals surface area contributed by atoms with E-state index >= 15 is 0 Å². The lowest BCUT2D eigenvalue weighted by Gasteiger charge is -2.12. The summed E-state index contributed by atoms with van der Waals surface area (Å²) in [4.78, 5) is 23.9. The van der Waals surface area contributed by atoms with Gasteiger partial charge in [-0.1, -0.05) is 18.2 Å². The number of anilines is 1. The molecule has 1 amide bonds. The molecule has 0 saturated heterocycles. The summed E-state index contributed by atoms with van der Waals surface area (Å²) >= 11 is 5.34. The average molecular weight is 403 g/mol. The van der Waals surface area contributed by atoms with Crippen LogP contribution in [0.5, 0.6) is 11.8 Å². The molecule has 2 aromatic carbocycles. The maximum absolute atomic E-state index is 12.9. The number of aromatic amines is 1. The molecule has 2 aromatic heterocycles. The van der Waals surface area contributed by atoms with E-state index < -0.39 is 0 Å². The first kappa shape index (κ1) is 18.6. The number of hydrogen-bond acceptors (Lipinski definition) is 5. The number of carbonyl (C=O) groups is 1. The number of amides is 1. The van der Waals surface area contributed by atoms with Crippen LogP contribution in [0.4, 0.5) is 5.69 Å². The van der Waals surface area contributed by atoms with Gasteiger partial charge in [-0.3, -0.25) is 9.36 Å². The number of hydrogen-bond donors (Lipinski definition) is 2. The minimum atomic E-state index is -0.274. The SMILES string of the molecule is Cc1cc(Oc2ncccn2)ccc1NC(=O)c1c[nH]c(=S)n1-c1ccccc1. The van der Waals surface area contributed by atoms with Crippen LogP contribution in [0.15, 0.2) is 73.2 Å². The van der Waals surface area contributed by atoms with Gasteiger partial charge >= 0.3 is 6.01 Å². The van der Waals surface area contributed by atoms with Gasteiger partial charge in [-0.2, -0.15) is 0 Å². The van der Waals surface area contributed by atoms with Gasteiger partial charge in [0.25, 0.3) is 5.91 Å². The molecular weight excluding hydrogens is 386 g/mol. The summed E-state index contributed by atoms with van der Waals surface area (Å²) in [6, 6.07) is 16.8. The Balaban J connectivity index is 1.56. The van der Waals surface area contributed by atoms with Gasteiger partial charge in [0.2, 0.25) is 0 Å². The zero-order chi connectivity index (χ0) is 20.2. The number of carbonyl (C=O) groups excluding carboxylic acids is 1. The highest BCUT2D eigenvalue weighted by molar-refractivity contribution is 7.71. The summed E-state index contributed by atoms with van der Waals surface area (Å²) in [5, 5.41) is 2.93. The zero-order valence-corrected chi connectivity index (χ0v) is 16.3. The van der Waals surface area contributed by atoms with Crippen molar-refractivity contribution in [1.29, 1.82) is 0 Å². The summed E-state index contributed by atoms with van der Waals surface area (Å²) in [5.74, 6) is 0.310. The zero-order valence-electron chi connectivity index (χ0n) is 15.5. The van der Waals surface area contributed by atoms with Gasteiger partial charge in [-0.25, -0.2) is 9.97 Å². The van der Waals surface area contributed by atoms with Gasteiger partial charge in [-0.05, 0) is 61.1 Å². The first-order valence-corrected chi connectivity index (χ1v) is 9.25. The van der Waals surface area contributed by atoms with Gasteiger partial charge in [0.1, 0.15) is 11.4 Å². The number of H-pyrrole nitrogens is 1. The third-order valence-electron chi connectivity index (χ3n) is 4.22. The summed E-state index contributed by atoms with van der Waals surface area (Å²) in [5.41, 5.74) is 2.74. The molecule has 0 spiro atoms. The Kier molecular flexibility index (Phi) is 5.17. The van der Waals surface area contributed by atoms with Crippen LogP contribution >= 0.6 is 12.2 Å². The van der Waals surface area contributed by atoms with Crippen molar-refractivity contribution in [2.24, 2.45) is 0 Å². The van der Waals surface area contributed by atoms with Crippen LogP contribution in [0, 0.1) is 11.7 Å². The van der Waals surface area contributed by atoms with Gasteiger partial charge in [-0.15, -0.1) is 0 Å². The summed E-state index contributed by atoms with van der Waals surface area (Å²) in [6.07, 6.45) is 4.82. The lowest BCUT2D eigenvalue weighted by atomic mass is 10.2. The third-order valence-corrected chi connectivity index (χ3v) is 4.52. The number of para-hydroxylation sites is 1. The fourth-order valence-electron chi connectivity index (χ4n) is 2.84. The summed E-state index contributed by atoms with van der Waals surface area (Å²) in [6.45, 7) is 1.88. The molecule has 144 valence electrons. The topological polar surface area (TPSA) is 84.8 Å². The molecule has 8 heteroatoms. The summed E-state index contributed by atoms with van der Waals surface area (Å²) < 4.78 is 7.77. The second-order valence-electron chi connectivity index (χ2n) is 6.21. The second kappa shape index (κ2) is 8.07. The second-order valence-corrected chi connectivity index (χ2v) is 6.60. The van der Waals surface area contributed by atoms with Crippen molar-refractivity contribution < 1.29 is 9.53 Å². The van der Waals surface area contributed by atoms with Crippen LogP contribution in [0.3, 0.4) is 0 Å². The number of nitrogens with zero attached hydrogens (tertiary/aromatic N) is 3. The van der Waals surface area contributed by atoms with Crippen LogP contribution in [0.25, 0.3) is 5.69 Å². The fraction of sp³-hybridized carbons (Fsp3) is 0.0476. The van der Waals surface area contributed by atoms with Gasteiger partial charge in [0.15, 0.2) is 4.77 Å². The molecule has 4 rings (SSSR count). The number of nitrogens with one attached hydrogen (secondary N) is 2. The number of imidazole rings is 1. The number of ether oxygens (including phenoxy) is 1. The molecular formula is C21H17N5O2S. The van der Waals surface area contributed by atoms with Crippen molar-refractivity contribution >= 4 is 23.8 Å². The van der Waals surface area contributed by atoms with Crippen molar-refractivity contribution in [3.05, 3.63) is 89.2 Å². The fourth-order valence-corrected chi connectivity index (χ4v) is 3.10. The molecule has 0 fully saturated rings. The third kappa shape index (κ3) is 4.07. The molecule has 0 bridgehead atoms. The Bertz CT molecular complexity index is 1200. The lowest BCUT2D eigenvalue weighted by molar-refractivity contribution is 0.102. The maximum Gasteiger partial charge on any atom is 0.321 e. The van der Waals surface area contributed by atoms with E-state index in [9.17, 15) is 4.79 Å². The molecule has 7 nitrogen and oxygen atoms in total. The van der Waals surface area contributed by atoms with Crippen molar-refractivity contribution in [1.82, 2.24) is 19.5 Å². The van der Waals surface area contributed by atoms with Gasteiger partial charge in [0, 0.05) is 30.0 Å². The molecule has 0 aliphatic rings. The molecule has 0 radical (unpaired) electrons. The van der Waals surface area contributed by atoms with Crippen molar-refractivity contribution in [3.63, 3.8) is 0 Å². The minimum absolute atomic E-state index is 0.262. The van der Waals surface area contributed by atoms with E-state index in [0.717, 1.165) is 11.3 Å². The van der Waals surface area contributed by atoms with E-state index in [1.54, 1.807) is 41.4 Å². The van der Waals surface area contributed by atoms with E-state index in [2.05, 4.69) is 20.3 Å². The van der Waals surface area contributed by atoms with E-state index in [1.165, 1.54) is 0 Å². The van der Waals surface area contributed by atoms with Crippen LogP contribution in [-0.4, -0.2) is 25.4 Å². The van der Waals surface area contributed by atoms with E-state index in [0.29, 0.717) is 21.9 Å². The molecule has 4 aromatic rings. The molecule has 0 unspecified atom stereocenters. The Hall–Kier alpha value is -3.78. The van der Waals surface area contributed by atoms with Crippen LogP contribution in [0.1, 0.15) is 16.1 Å². The standard InChI is InChI=1S/C21H17N5O2S/c1-14-12-16(28-20-22-10-5-11-23-20)8-9-17(14)25-19(27)18-13-24-21(29)26(18)15-6-3-2-4-7-15/h2-13H,1H3,(H,24,29)(H,25,27). The normalized spacial score (nSPS) is 10.5. The molecule has 0 saturated carbocycles. The van der Waals surface area contributed by atoms with E-state index in [1.807, 2.05) is 43.3 Å². The Morgan fingerprint density at radius 1 is 1.10 bits per heavy atom. The highest BCUT2D eigenvalue weighted by Crippen LogP contribution is 2.25. The Morgan fingerprint density at radius 3 is 2.59 bits per heavy atom. The van der Waals surface area contributed by atoms with E-state index in [-0.39, 0.29) is 11.9 Å². The van der Waals surface area contributed by atoms with Gasteiger partial charge < -0.3 is 15.0 Å². The molecule has 2 heterocycles. The Morgan fingerprint density at radius 2 is 1.86 bits per heavy atom. The molecule has 0 atom stereocenters. The predicted molar refractivity (Wildman–Crippen MR) is 112 cm³/mol. The number of benzene rings is 2. The summed E-state index contributed by atoms with van der Waals surface area (Å²) in [7, 11) is 0. The lowest BCUT2D eigenvalue weighted by Crippen LogP contribution is -2.17. The van der Waals surface area contributed by atoms with Crippen LogP contribution in [-0.2, 0) is 0 Å². The minimum Gasteiger partial charge on any atom is -0.424 e. The molecule has 29 heavy (non-hydrogen) atoms. The monoisotopic (exact) mass is 403 g/mol. The number of aryl methyl sites for hydroxylation is 1. The van der Waals surface area contributed by atoms with Crippen molar-refractivity contribution in [2.45, 2.75) is 6.92 Å². The van der Waals surface area contributed by atoms with E-state index in [4.69, 9.17) is 17.0 Å². The first-order chi connectivity index (χ1) is 14.1. The highest BCUT2D eigenvalue weighted by atomic mass is 32.1. The first-order valence-electron chi connectivity index (χ1n) is 8.84. The molecule has 0 aliphatic heterocycles. The molecule has 2 N–H and O–H groups in total. The highest BCUT2D eigenvalue weighted by Gasteiger charge is 2.15. The number of rotatable bonds is 5. The molecule has 0 aliphatic carbocycles. The number of aromatic nitrogens is 4.